The summed E-state index contributed by atoms with van der Waals surface area (Å²) in [6.45, 7) is 3.04. The molecule has 2 bridgehead atoms. The van der Waals surface area contributed by atoms with E-state index in [4.69, 9.17) is 4.74 Å². The van der Waals surface area contributed by atoms with Crippen LogP contribution in [0.15, 0.2) is 30.3 Å². The van der Waals surface area contributed by atoms with Gasteiger partial charge in [0.05, 0.1) is 6.42 Å². The molecule has 5 rings (SSSR count). The molecule has 0 N–H and O–H groups in total. The summed E-state index contributed by atoms with van der Waals surface area (Å²) >= 11 is 0. The van der Waals surface area contributed by atoms with Crippen LogP contribution >= 0.6 is 0 Å². The van der Waals surface area contributed by atoms with Crippen LogP contribution < -0.4 is 0 Å². The minimum absolute atomic E-state index is 0.0174. The van der Waals surface area contributed by atoms with Crippen LogP contribution in [0.1, 0.15) is 44.1 Å². The van der Waals surface area contributed by atoms with Crippen LogP contribution in [-0.4, -0.2) is 59.5 Å². The summed E-state index contributed by atoms with van der Waals surface area (Å²) in [5.74, 6) is 1.42. The first-order chi connectivity index (χ1) is 13.7. The molecular weight excluding hydrogens is 352 g/mol. The first-order valence-electron chi connectivity index (χ1n) is 10.9. The Kier molecular flexibility index (Phi) is 4.87. The molecule has 4 fully saturated rings. The average molecular weight is 383 g/mol. The molecule has 0 unspecified atom stereocenters. The molecule has 1 aromatic rings. The van der Waals surface area contributed by atoms with Crippen LogP contribution in [0.2, 0.25) is 0 Å². The average Bonchev–Trinajstić information content (AvgIpc) is 2.70. The number of ether oxygens (including phenoxy) is 1. The van der Waals surface area contributed by atoms with Gasteiger partial charge in [0.2, 0.25) is 5.91 Å². The summed E-state index contributed by atoms with van der Waals surface area (Å²) in [4.78, 5) is 29.7. The van der Waals surface area contributed by atoms with Gasteiger partial charge in [-0.2, -0.15) is 0 Å². The lowest BCUT2D eigenvalue weighted by Crippen LogP contribution is -2.65. The van der Waals surface area contributed by atoms with E-state index in [1.165, 1.54) is 12.8 Å². The Labute approximate surface area is 167 Å². The normalized spacial score (nSPS) is 35.1. The number of piperidine rings is 4. The minimum Gasteiger partial charge on any atom is -0.462 e. The van der Waals surface area contributed by atoms with Crippen LogP contribution in [0.25, 0.3) is 0 Å². The van der Waals surface area contributed by atoms with Gasteiger partial charge in [-0.3, -0.25) is 14.5 Å². The highest BCUT2D eigenvalue weighted by molar-refractivity contribution is 5.77. The number of rotatable bonds is 3. The predicted molar refractivity (Wildman–Crippen MR) is 106 cm³/mol. The highest BCUT2D eigenvalue weighted by Gasteiger charge is 2.49. The third kappa shape index (κ3) is 3.45. The topological polar surface area (TPSA) is 49.9 Å². The van der Waals surface area contributed by atoms with Crippen molar-refractivity contribution in [3.63, 3.8) is 0 Å². The van der Waals surface area contributed by atoms with E-state index >= 15 is 0 Å². The number of hydrogen-bond acceptors (Lipinski definition) is 4. The lowest BCUT2D eigenvalue weighted by atomic mass is 9.70. The highest BCUT2D eigenvalue weighted by Crippen LogP contribution is 2.43. The zero-order chi connectivity index (χ0) is 19.1. The van der Waals surface area contributed by atoms with Crippen LogP contribution in [0.4, 0.5) is 0 Å². The predicted octanol–water partition coefficient (Wildman–Crippen LogP) is 2.64. The second kappa shape index (κ2) is 7.51. The molecule has 4 saturated heterocycles. The van der Waals surface area contributed by atoms with Crippen molar-refractivity contribution in [2.75, 3.05) is 19.6 Å². The highest BCUT2D eigenvalue weighted by atomic mass is 16.5. The Balaban J connectivity index is 1.22. The number of amides is 1. The van der Waals surface area contributed by atoms with Gasteiger partial charge in [-0.05, 0) is 43.1 Å². The number of benzene rings is 1. The summed E-state index contributed by atoms with van der Waals surface area (Å²) in [5.41, 5.74) is 1.01. The molecule has 4 aliphatic heterocycles. The Hall–Kier alpha value is -1.88. The van der Waals surface area contributed by atoms with Crippen molar-refractivity contribution < 1.29 is 14.3 Å². The van der Waals surface area contributed by atoms with Crippen molar-refractivity contribution >= 4 is 11.9 Å². The van der Waals surface area contributed by atoms with Gasteiger partial charge in [-0.15, -0.1) is 0 Å². The van der Waals surface area contributed by atoms with Gasteiger partial charge >= 0.3 is 5.97 Å². The quantitative estimate of drug-likeness (QED) is 0.754. The van der Waals surface area contributed by atoms with Gasteiger partial charge in [-0.1, -0.05) is 30.3 Å². The largest absolute Gasteiger partial charge is 0.462 e. The number of nitrogens with zero attached hydrogens (tertiary/aromatic N) is 2. The van der Waals surface area contributed by atoms with Crippen molar-refractivity contribution in [3.05, 3.63) is 35.9 Å². The molecule has 28 heavy (non-hydrogen) atoms. The second-order valence-corrected chi connectivity index (χ2v) is 9.12. The lowest BCUT2D eigenvalue weighted by Gasteiger charge is -2.57. The van der Waals surface area contributed by atoms with Crippen molar-refractivity contribution in [3.8, 4) is 0 Å². The molecule has 5 atom stereocenters. The van der Waals surface area contributed by atoms with E-state index in [0.29, 0.717) is 36.2 Å². The van der Waals surface area contributed by atoms with Gasteiger partial charge in [0.15, 0.2) is 0 Å². The molecule has 0 radical (unpaired) electrons. The Morgan fingerprint density at radius 2 is 1.86 bits per heavy atom. The van der Waals surface area contributed by atoms with Gasteiger partial charge in [0, 0.05) is 44.6 Å². The van der Waals surface area contributed by atoms with Crippen LogP contribution in [0.3, 0.4) is 0 Å². The fourth-order valence-electron chi connectivity index (χ4n) is 6.15. The first kappa shape index (κ1) is 18.2. The van der Waals surface area contributed by atoms with Crippen LogP contribution in [0, 0.1) is 11.8 Å². The zero-order valence-corrected chi connectivity index (χ0v) is 16.5. The maximum atomic E-state index is 12.4. The van der Waals surface area contributed by atoms with Gasteiger partial charge < -0.3 is 9.64 Å². The summed E-state index contributed by atoms with van der Waals surface area (Å²) in [7, 11) is 0. The summed E-state index contributed by atoms with van der Waals surface area (Å²) in [6, 6.07) is 10.7. The molecule has 5 nitrogen and oxygen atoms in total. The SMILES string of the molecule is O=C(Cc1ccccc1)O[C@H]1CCN2C[C@@H]3C[C@@H](CN4C(=O)CCC[C@H]34)[C@@H]2C1. The zero-order valence-electron chi connectivity index (χ0n) is 16.5. The second-order valence-electron chi connectivity index (χ2n) is 9.12. The van der Waals surface area contributed by atoms with E-state index in [2.05, 4.69) is 9.80 Å². The minimum atomic E-state index is -0.117. The number of carbonyl (C=O) groups is 2. The van der Waals surface area contributed by atoms with Crippen molar-refractivity contribution in [2.24, 2.45) is 11.8 Å². The molecule has 150 valence electrons. The standard InChI is InChI=1S/C23H30N2O3/c26-22-8-4-7-20-17-12-18(15-25(20)22)21-13-19(9-10-24(21)14-17)28-23(27)11-16-5-2-1-3-6-16/h1-3,5-6,17-21H,4,7-15H2/t17-,18-,19-,20+,21-/m0/s1. The molecule has 4 heterocycles. The van der Waals surface area contributed by atoms with E-state index in [-0.39, 0.29) is 12.1 Å². The van der Waals surface area contributed by atoms with E-state index in [1.54, 1.807) is 0 Å². The maximum Gasteiger partial charge on any atom is 0.310 e. The Morgan fingerprint density at radius 3 is 2.71 bits per heavy atom. The van der Waals surface area contributed by atoms with Gasteiger partial charge in [0.1, 0.15) is 6.10 Å². The van der Waals surface area contributed by atoms with Crippen molar-refractivity contribution in [1.82, 2.24) is 9.80 Å². The molecule has 1 aromatic carbocycles. The third-order valence-corrected chi connectivity index (χ3v) is 7.41. The smallest absolute Gasteiger partial charge is 0.310 e. The number of carbonyl (C=O) groups excluding carboxylic acids is 2. The fraction of sp³-hybridized carbons (Fsp3) is 0.652. The fourth-order valence-corrected chi connectivity index (χ4v) is 6.15. The maximum absolute atomic E-state index is 12.4. The van der Waals surface area contributed by atoms with Crippen molar-refractivity contribution in [1.29, 1.82) is 0 Å². The molecule has 0 aromatic heterocycles. The number of esters is 1. The van der Waals surface area contributed by atoms with E-state index in [0.717, 1.165) is 50.9 Å². The molecule has 1 amide bonds. The number of hydrogen-bond donors (Lipinski definition) is 0. The molecule has 4 aliphatic rings. The first-order valence-corrected chi connectivity index (χ1v) is 10.9. The van der Waals surface area contributed by atoms with E-state index < -0.39 is 0 Å². The lowest BCUT2D eigenvalue weighted by molar-refractivity contribution is -0.158. The molecule has 0 aliphatic carbocycles. The summed E-state index contributed by atoms with van der Waals surface area (Å²) in [5, 5.41) is 0. The molecule has 0 saturated carbocycles. The summed E-state index contributed by atoms with van der Waals surface area (Å²) in [6.07, 6.45) is 6.43. The number of fused-ring (bicyclic) bond motifs is 6. The molecular formula is C23H30N2O3. The van der Waals surface area contributed by atoms with E-state index in [9.17, 15) is 9.59 Å². The van der Waals surface area contributed by atoms with Crippen LogP contribution in [-0.2, 0) is 20.7 Å². The third-order valence-electron chi connectivity index (χ3n) is 7.41. The Morgan fingerprint density at radius 1 is 1.04 bits per heavy atom. The van der Waals surface area contributed by atoms with Gasteiger partial charge in [-0.25, -0.2) is 0 Å². The van der Waals surface area contributed by atoms with Crippen molar-refractivity contribution in [2.45, 2.75) is 63.1 Å². The molecule has 5 heteroatoms. The van der Waals surface area contributed by atoms with Gasteiger partial charge in [0.25, 0.3) is 0 Å². The Bertz CT molecular complexity index is 737. The van der Waals surface area contributed by atoms with E-state index in [1.807, 2.05) is 30.3 Å². The van der Waals surface area contributed by atoms with Crippen LogP contribution in [0.5, 0.6) is 0 Å². The summed E-state index contributed by atoms with van der Waals surface area (Å²) < 4.78 is 5.86. The monoisotopic (exact) mass is 382 g/mol. The molecule has 0 spiro atoms.